The van der Waals surface area contributed by atoms with Crippen LogP contribution in [-0.4, -0.2) is 12.7 Å². The van der Waals surface area contributed by atoms with Crippen molar-refractivity contribution in [3.8, 4) is 11.5 Å². The summed E-state index contributed by atoms with van der Waals surface area (Å²) in [5.74, 6) is -0.751. The van der Waals surface area contributed by atoms with Gasteiger partial charge in [-0.25, -0.2) is 0 Å². The van der Waals surface area contributed by atoms with Gasteiger partial charge in [0.2, 0.25) is 11.6 Å². The summed E-state index contributed by atoms with van der Waals surface area (Å²) in [4.78, 5) is 0. The van der Waals surface area contributed by atoms with Crippen LogP contribution in [0.3, 0.4) is 0 Å². The van der Waals surface area contributed by atoms with E-state index in [1.165, 1.54) is 0 Å². The van der Waals surface area contributed by atoms with Crippen LogP contribution in [0.4, 0.5) is 8.78 Å². The molecule has 2 aromatic carbocycles. The summed E-state index contributed by atoms with van der Waals surface area (Å²) < 4.78 is 46.4. The number of hydrogen-bond acceptors (Lipinski definition) is 3. The standard InChI is InChI=1S/C21H22F2O3/c1-3-5-6-13-10-12-11-15-14-7-8-16(24-9-4-2)17(22)20(14)26-21(15)18(23)19(12)25-13/h7-8,11,13H,3-6,9-10H2,1-2H3. The van der Waals surface area contributed by atoms with Crippen LogP contribution in [-0.2, 0) is 6.42 Å². The maximum atomic E-state index is 15.0. The quantitative estimate of drug-likeness (QED) is 0.528. The second-order valence-electron chi connectivity index (χ2n) is 6.85. The molecular weight excluding hydrogens is 338 g/mol. The van der Waals surface area contributed by atoms with Gasteiger partial charge in [-0.2, -0.15) is 8.78 Å². The van der Waals surface area contributed by atoms with Gasteiger partial charge in [-0.3, -0.25) is 0 Å². The van der Waals surface area contributed by atoms with Crippen molar-refractivity contribution >= 4 is 21.9 Å². The average molecular weight is 360 g/mol. The number of benzene rings is 2. The topological polar surface area (TPSA) is 31.6 Å². The highest BCUT2D eigenvalue weighted by Gasteiger charge is 2.30. The third kappa shape index (κ3) is 2.70. The SMILES string of the molecule is CCCCC1Cc2cc3c(oc4c(F)c(OCCC)ccc43)c(F)c2O1. The van der Waals surface area contributed by atoms with Gasteiger partial charge in [0, 0.05) is 22.8 Å². The molecule has 0 spiro atoms. The van der Waals surface area contributed by atoms with Crippen LogP contribution in [0, 0.1) is 11.6 Å². The highest BCUT2D eigenvalue weighted by atomic mass is 19.1. The van der Waals surface area contributed by atoms with E-state index in [0.29, 0.717) is 23.8 Å². The third-order valence-electron chi connectivity index (χ3n) is 4.88. The minimum atomic E-state index is -0.589. The van der Waals surface area contributed by atoms with E-state index < -0.39 is 11.6 Å². The van der Waals surface area contributed by atoms with Gasteiger partial charge in [0.15, 0.2) is 22.7 Å². The van der Waals surface area contributed by atoms with Gasteiger partial charge in [0.25, 0.3) is 0 Å². The molecule has 0 saturated heterocycles. The normalized spacial score (nSPS) is 16.2. The van der Waals surface area contributed by atoms with E-state index >= 15 is 0 Å². The predicted molar refractivity (Wildman–Crippen MR) is 97.1 cm³/mol. The van der Waals surface area contributed by atoms with Gasteiger partial charge in [0.05, 0.1) is 6.61 Å². The maximum Gasteiger partial charge on any atom is 0.208 e. The van der Waals surface area contributed by atoms with Crippen LogP contribution in [0.2, 0.25) is 0 Å². The van der Waals surface area contributed by atoms with Gasteiger partial charge < -0.3 is 13.9 Å². The molecule has 2 heterocycles. The molecule has 1 aliphatic heterocycles. The van der Waals surface area contributed by atoms with E-state index in [0.717, 1.165) is 31.2 Å². The van der Waals surface area contributed by atoms with Crippen LogP contribution in [0.5, 0.6) is 11.5 Å². The number of hydrogen-bond donors (Lipinski definition) is 0. The van der Waals surface area contributed by atoms with Crippen LogP contribution < -0.4 is 9.47 Å². The number of rotatable bonds is 6. The zero-order chi connectivity index (χ0) is 18.3. The predicted octanol–water partition coefficient (Wildman–Crippen LogP) is 6.15. The van der Waals surface area contributed by atoms with Gasteiger partial charge in [-0.05, 0) is 31.0 Å². The summed E-state index contributed by atoms with van der Waals surface area (Å²) in [6.07, 6.45) is 4.48. The van der Waals surface area contributed by atoms with Gasteiger partial charge in [-0.1, -0.05) is 26.7 Å². The minimum absolute atomic E-state index is 0.00278. The molecule has 0 amide bonds. The summed E-state index contributed by atoms with van der Waals surface area (Å²) in [5.41, 5.74) is 0.894. The highest BCUT2D eigenvalue weighted by Crippen LogP contribution is 2.42. The zero-order valence-electron chi connectivity index (χ0n) is 15.0. The molecule has 0 N–H and O–H groups in total. The second-order valence-corrected chi connectivity index (χ2v) is 6.85. The van der Waals surface area contributed by atoms with Crippen molar-refractivity contribution in [1.29, 1.82) is 0 Å². The molecule has 0 fully saturated rings. The number of halogens is 2. The molecule has 1 aliphatic rings. The first-order chi connectivity index (χ1) is 12.6. The molecule has 0 aliphatic carbocycles. The van der Waals surface area contributed by atoms with Crippen LogP contribution in [0.25, 0.3) is 21.9 Å². The van der Waals surface area contributed by atoms with Crippen molar-refractivity contribution in [2.45, 2.75) is 52.1 Å². The van der Waals surface area contributed by atoms with Crippen LogP contribution in [0.1, 0.15) is 45.1 Å². The molecule has 138 valence electrons. The van der Waals surface area contributed by atoms with Crippen LogP contribution >= 0.6 is 0 Å². The zero-order valence-corrected chi connectivity index (χ0v) is 15.0. The fourth-order valence-corrected chi connectivity index (χ4v) is 3.57. The van der Waals surface area contributed by atoms with Crippen molar-refractivity contribution in [2.75, 3.05) is 6.61 Å². The molecule has 26 heavy (non-hydrogen) atoms. The number of fused-ring (bicyclic) bond motifs is 4. The lowest BCUT2D eigenvalue weighted by Gasteiger charge is -2.09. The van der Waals surface area contributed by atoms with Crippen molar-refractivity contribution in [2.24, 2.45) is 0 Å². The molecule has 4 rings (SSSR count). The molecular formula is C21H22F2O3. The maximum absolute atomic E-state index is 15.0. The molecule has 1 atom stereocenters. The summed E-state index contributed by atoms with van der Waals surface area (Å²) in [6, 6.07) is 5.18. The van der Waals surface area contributed by atoms with Gasteiger partial charge in [0.1, 0.15) is 6.10 Å². The molecule has 1 aromatic heterocycles. The lowest BCUT2D eigenvalue weighted by atomic mass is 10.0. The van der Waals surface area contributed by atoms with Crippen molar-refractivity contribution in [3.63, 3.8) is 0 Å². The second kappa shape index (κ2) is 6.78. The Morgan fingerprint density at radius 1 is 1.08 bits per heavy atom. The summed E-state index contributed by atoms with van der Waals surface area (Å²) >= 11 is 0. The minimum Gasteiger partial charge on any atom is -0.490 e. The monoisotopic (exact) mass is 360 g/mol. The fraction of sp³-hybridized carbons (Fsp3) is 0.429. The first-order valence-corrected chi connectivity index (χ1v) is 9.29. The first-order valence-electron chi connectivity index (χ1n) is 9.29. The van der Waals surface area contributed by atoms with Crippen LogP contribution in [0.15, 0.2) is 22.6 Å². The van der Waals surface area contributed by atoms with Crippen molar-refractivity contribution in [1.82, 2.24) is 0 Å². The summed E-state index contributed by atoms with van der Waals surface area (Å²) in [6.45, 7) is 4.48. The lowest BCUT2D eigenvalue weighted by Crippen LogP contribution is -2.12. The largest absolute Gasteiger partial charge is 0.490 e. The highest BCUT2D eigenvalue weighted by molar-refractivity contribution is 6.06. The molecule has 0 bridgehead atoms. The Morgan fingerprint density at radius 3 is 2.65 bits per heavy atom. The average Bonchev–Trinajstić information content (AvgIpc) is 3.22. The Bertz CT molecular complexity index is 961. The fourth-order valence-electron chi connectivity index (χ4n) is 3.57. The Morgan fingerprint density at radius 2 is 1.88 bits per heavy atom. The summed E-state index contributed by atoms with van der Waals surface area (Å²) in [7, 11) is 0. The van der Waals surface area contributed by atoms with E-state index in [1.807, 2.05) is 13.0 Å². The van der Waals surface area contributed by atoms with Crippen molar-refractivity contribution in [3.05, 3.63) is 35.4 Å². The smallest absolute Gasteiger partial charge is 0.208 e. The summed E-state index contributed by atoms with van der Waals surface area (Å²) in [5, 5.41) is 1.14. The molecule has 3 aromatic rings. The Labute approximate surface area is 150 Å². The Kier molecular flexibility index (Phi) is 4.47. The molecule has 1 unspecified atom stereocenters. The van der Waals surface area contributed by atoms with Crippen molar-refractivity contribution < 1.29 is 22.7 Å². The molecule has 0 radical (unpaired) electrons. The number of furan rings is 1. The first kappa shape index (κ1) is 17.1. The lowest BCUT2D eigenvalue weighted by molar-refractivity contribution is 0.210. The van der Waals surface area contributed by atoms with Gasteiger partial charge in [-0.15, -0.1) is 0 Å². The third-order valence-corrected chi connectivity index (χ3v) is 4.88. The number of unbranched alkanes of at least 4 members (excludes halogenated alkanes) is 1. The molecule has 0 saturated carbocycles. The van der Waals surface area contributed by atoms with E-state index in [-0.39, 0.29) is 28.8 Å². The number of ether oxygens (including phenoxy) is 2. The van der Waals surface area contributed by atoms with E-state index in [9.17, 15) is 8.78 Å². The molecule has 3 nitrogen and oxygen atoms in total. The molecule has 5 heteroatoms. The van der Waals surface area contributed by atoms with E-state index in [4.69, 9.17) is 13.9 Å². The van der Waals surface area contributed by atoms with Gasteiger partial charge >= 0.3 is 0 Å². The van der Waals surface area contributed by atoms with E-state index in [1.54, 1.807) is 12.1 Å². The Balaban J connectivity index is 1.79. The Hall–Kier alpha value is -2.30. The van der Waals surface area contributed by atoms with E-state index in [2.05, 4.69) is 6.92 Å².